The fourth-order valence-electron chi connectivity index (χ4n) is 1.63. The van der Waals surface area contributed by atoms with E-state index in [1.54, 1.807) is 18.2 Å². The Morgan fingerprint density at radius 1 is 1.11 bits per heavy atom. The van der Waals surface area contributed by atoms with E-state index in [1.165, 1.54) is 0 Å². The number of hydrogen-bond donors (Lipinski definition) is 2. The van der Waals surface area contributed by atoms with Crippen LogP contribution < -0.4 is 11.1 Å². The van der Waals surface area contributed by atoms with Crippen molar-refractivity contribution in [3.8, 4) is 0 Å². The zero-order valence-corrected chi connectivity index (χ0v) is 11.5. The van der Waals surface area contributed by atoms with Crippen LogP contribution in [0, 0.1) is 0 Å². The molecule has 5 heteroatoms. The molecule has 19 heavy (non-hydrogen) atoms. The third-order valence-electron chi connectivity index (χ3n) is 2.64. The van der Waals surface area contributed by atoms with Gasteiger partial charge >= 0.3 is 0 Å². The first-order chi connectivity index (χ1) is 9.06. The summed E-state index contributed by atoms with van der Waals surface area (Å²) in [6, 6.07) is 12.6. The van der Waals surface area contributed by atoms with E-state index in [9.17, 15) is 4.79 Å². The van der Waals surface area contributed by atoms with Crippen molar-refractivity contribution < 1.29 is 4.79 Å². The average Bonchev–Trinajstić information content (AvgIpc) is 2.37. The molecule has 0 saturated carbocycles. The summed E-state index contributed by atoms with van der Waals surface area (Å²) in [5.41, 5.74) is 7.43. The van der Waals surface area contributed by atoms with Gasteiger partial charge < -0.3 is 11.1 Å². The van der Waals surface area contributed by atoms with Crippen molar-refractivity contribution in [2.75, 3.05) is 5.32 Å². The molecule has 0 bridgehead atoms. The molecule has 0 aromatic heterocycles. The van der Waals surface area contributed by atoms with Crippen molar-refractivity contribution in [2.45, 2.75) is 6.54 Å². The Labute approximate surface area is 121 Å². The maximum Gasteiger partial charge on any atom is 0.250 e. The smallest absolute Gasteiger partial charge is 0.250 e. The molecule has 0 saturated heterocycles. The number of anilines is 1. The first kappa shape index (κ1) is 13.7. The predicted octanol–water partition coefficient (Wildman–Crippen LogP) is 3.70. The Morgan fingerprint density at radius 2 is 1.79 bits per heavy atom. The van der Waals surface area contributed by atoms with E-state index in [-0.39, 0.29) is 0 Å². The number of nitrogens with one attached hydrogen (secondary N) is 1. The zero-order chi connectivity index (χ0) is 13.8. The summed E-state index contributed by atoms with van der Waals surface area (Å²) >= 11 is 11.8. The maximum absolute atomic E-state index is 11.0. The van der Waals surface area contributed by atoms with E-state index >= 15 is 0 Å². The Balaban J connectivity index is 2.06. The maximum atomic E-state index is 11.0. The second-order valence-corrected chi connectivity index (χ2v) is 4.88. The van der Waals surface area contributed by atoms with E-state index in [1.807, 2.05) is 24.3 Å². The molecule has 0 spiro atoms. The van der Waals surface area contributed by atoms with Crippen molar-refractivity contribution in [1.82, 2.24) is 0 Å². The van der Waals surface area contributed by atoms with Gasteiger partial charge in [-0.25, -0.2) is 0 Å². The van der Waals surface area contributed by atoms with E-state index in [2.05, 4.69) is 5.32 Å². The lowest BCUT2D eigenvalue weighted by Crippen LogP contribution is -2.11. The Kier molecular flexibility index (Phi) is 4.30. The van der Waals surface area contributed by atoms with Gasteiger partial charge in [0, 0.05) is 17.3 Å². The molecule has 0 fully saturated rings. The summed E-state index contributed by atoms with van der Waals surface area (Å²) in [5.74, 6) is -0.533. The molecule has 3 N–H and O–H groups in total. The summed E-state index contributed by atoms with van der Waals surface area (Å²) in [5, 5.41) is 4.26. The second kappa shape index (κ2) is 5.95. The van der Waals surface area contributed by atoms with E-state index in [0.29, 0.717) is 22.2 Å². The standard InChI is InChI=1S/C14H12Cl2N2O/c15-10-3-1-9(2-4-10)8-18-11-5-6-12(14(17)19)13(16)7-11/h1-7,18H,8H2,(H2,17,19). The van der Waals surface area contributed by atoms with Gasteiger partial charge in [0.25, 0.3) is 0 Å². The molecule has 0 atom stereocenters. The van der Waals surface area contributed by atoms with E-state index < -0.39 is 5.91 Å². The lowest BCUT2D eigenvalue weighted by molar-refractivity contribution is 0.100. The molecule has 2 aromatic rings. The summed E-state index contributed by atoms with van der Waals surface area (Å²) in [4.78, 5) is 11.0. The highest BCUT2D eigenvalue weighted by Gasteiger charge is 2.06. The third kappa shape index (κ3) is 3.63. The largest absolute Gasteiger partial charge is 0.381 e. The number of carbonyl (C=O) groups excluding carboxylic acids is 1. The SMILES string of the molecule is NC(=O)c1ccc(NCc2ccc(Cl)cc2)cc1Cl. The molecule has 0 aliphatic heterocycles. The van der Waals surface area contributed by atoms with Crippen molar-refractivity contribution >= 4 is 34.8 Å². The van der Waals surface area contributed by atoms with Gasteiger partial charge in [0.2, 0.25) is 5.91 Å². The minimum Gasteiger partial charge on any atom is -0.381 e. The van der Waals surface area contributed by atoms with Gasteiger partial charge in [-0.15, -0.1) is 0 Å². The van der Waals surface area contributed by atoms with Gasteiger partial charge in [0.05, 0.1) is 10.6 Å². The summed E-state index contributed by atoms with van der Waals surface area (Å²) in [7, 11) is 0. The Hall–Kier alpha value is -1.71. The minimum absolute atomic E-state index is 0.318. The van der Waals surface area contributed by atoms with Crippen molar-refractivity contribution in [2.24, 2.45) is 5.73 Å². The molecular formula is C14H12Cl2N2O. The van der Waals surface area contributed by atoms with Crippen molar-refractivity contribution in [3.63, 3.8) is 0 Å². The third-order valence-corrected chi connectivity index (χ3v) is 3.21. The van der Waals surface area contributed by atoms with Gasteiger partial charge in [-0.05, 0) is 35.9 Å². The van der Waals surface area contributed by atoms with Crippen LogP contribution in [0.1, 0.15) is 15.9 Å². The van der Waals surface area contributed by atoms with Gasteiger partial charge in [-0.3, -0.25) is 4.79 Å². The number of primary amides is 1. The van der Waals surface area contributed by atoms with Gasteiger partial charge in [0.1, 0.15) is 0 Å². The van der Waals surface area contributed by atoms with E-state index in [4.69, 9.17) is 28.9 Å². The molecule has 1 amide bonds. The molecule has 2 aromatic carbocycles. The topological polar surface area (TPSA) is 55.1 Å². The molecule has 0 radical (unpaired) electrons. The number of benzene rings is 2. The van der Waals surface area contributed by atoms with Gasteiger partial charge in [-0.1, -0.05) is 35.3 Å². The van der Waals surface area contributed by atoms with Crippen LogP contribution in [-0.4, -0.2) is 5.91 Å². The monoisotopic (exact) mass is 294 g/mol. The number of halogens is 2. The first-order valence-corrected chi connectivity index (χ1v) is 6.39. The fraction of sp³-hybridized carbons (Fsp3) is 0.0714. The molecule has 0 unspecified atom stereocenters. The van der Waals surface area contributed by atoms with Crippen LogP contribution in [0.5, 0.6) is 0 Å². The number of carbonyl (C=O) groups is 1. The zero-order valence-electron chi connectivity index (χ0n) is 9.99. The van der Waals surface area contributed by atoms with E-state index in [0.717, 1.165) is 11.3 Å². The lowest BCUT2D eigenvalue weighted by Gasteiger charge is -2.08. The Bertz CT molecular complexity index is 597. The summed E-state index contributed by atoms with van der Waals surface area (Å²) < 4.78 is 0. The van der Waals surface area contributed by atoms with Crippen molar-refractivity contribution in [3.05, 3.63) is 63.6 Å². The quantitative estimate of drug-likeness (QED) is 0.903. The highest BCUT2D eigenvalue weighted by Crippen LogP contribution is 2.21. The highest BCUT2D eigenvalue weighted by molar-refractivity contribution is 6.34. The molecule has 0 heterocycles. The Morgan fingerprint density at radius 3 is 2.37 bits per heavy atom. The second-order valence-electron chi connectivity index (χ2n) is 4.04. The number of hydrogen-bond acceptors (Lipinski definition) is 2. The molecule has 2 rings (SSSR count). The number of amides is 1. The van der Waals surface area contributed by atoms with Crippen LogP contribution in [-0.2, 0) is 6.54 Å². The molecule has 0 aliphatic carbocycles. The van der Waals surface area contributed by atoms with Crippen LogP contribution in [0.25, 0.3) is 0 Å². The lowest BCUT2D eigenvalue weighted by atomic mass is 10.2. The van der Waals surface area contributed by atoms with Crippen LogP contribution in [0.4, 0.5) is 5.69 Å². The average molecular weight is 295 g/mol. The minimum atomic E-state index is -0.533. The van der Waals surface area contributed by atoms with Crippen LogP contribution >= 0.6 is 23.2 Å². The first-order valence-electron chi connectivity index (χ1n) is 5.64. The summed E-state index contributed by atoms with van der Waals surface area (Å²) in [6.07, 6.45) is 0. The summed E-state index contributed by atoms with van der Waals surface area (Å²) in [6.45, 7) is 0.642. The van der Waals surface area contributed by atoms with Gasteiger partial charge in [0.15, 0.2) is 0 Å². The highest BCUT2D eigenvalue weighted by atomic mass is 35.5. The van der Waals surface area contributed by atoms with Crippen molar-refractivity contribution in [1.29, 1.82) is 0 Å². The molecule has 3 nitrogen and oxygen atoms in total. The molecule has 98 valence electrons. The fourth-order valence-corrected chi connectivity index (χ4v) is 2.03. The predicted molar refractivity (Wildman–Crippen MR) is 78.7 cm³/mol. The molecule has 0 aliphatic rings. The molecular weight excluding hydrogens is 283 g/mol. The van der Waals surface area contributed by atoms with Crippen LogP contribution in [0.15, 0.2) is 42.5 Å². The van der Waals surface area contributed by atoms with Gasteiger partial charge in [-0.2, -0.15) is 0 Å². The number of rotatable bonds is 4. The number of nitrogens with two attached hydrogens (primary N) is 1. The normalized spacial score (nSPS) is 10.2. The van der Waals surface area contributed by atoms with Crippen LogP contribution in [0.2, 0.25) is 10.0 Å². The van der Waals surface area contributed by atoms with Crippen LogP contribution in [0.3, 0.4) is 0 Å².